The average molecular weight is 466 g/mol. The first-order valence-corrected chi connectivity index (χ1v) is 10.2. The van der Waals surface area contributed by atoms with Crippen LogP contribution in [0.5, 0.6) is 0 Å². The number of nitrogens with zero attached hydrogens (tertiary/aromatic N) is 1. The molecule has 0 bridgehead atoms. The Labute approximate surface area is 187 Å². The van der Waals surface area contributed by atoms with E-state index in [0.29, 0.717) is 11.5 Å². The smallest absolute Gasteiger partial charge is 0.456 e. The van der Waals surface area contributed by atoms with Crippen molar-refractivity contribution >= 4 is 24.8 Å². The van der Waals surface area contributed by atoms with E-state index in [1.807, 2.05) is 24.4 Å². The molecule has 1 saturated heterocycles. The Morgan fingerprint density at radius 2 is 1.30 bits per heavy atom. The van der Waals surface area contributed by atoms with Crippen molar-refractivity contribution in [3.63, 3.8) is 0 Å². The zero-order valence-electron chi connectivity index (χ0n) is 17.5. The molecule has 10 heteroatoms. The van der Waals surface area contributed by atoms with E-state index < -0.39 is 7.25 Å². The van der Waals surface area contributed by atoms with Crippen LogP contribution in [0, 0.1) is 11.6 Å². The van der Waals surface area contributed by atoms with Gasteiger partial charge >= 0.3 is 7.25 Å². The molecule has 2 heterocycles. The molecule has 3 nitrogen and oxygen atoms in total. The number of hydrogen-bond acceptors (Lipinski definition) is 2. The molecule has 2 aromatic rings. The Hall–Kier alpha value is -3.27. The highest BCUT2D eigenvalue weighted by Gasteiger charge is 2.20. The number of rotatable bonds is 3. The molecule has 0 amide bonds. The molecule has 174 valence electrons. The lowest BCUT2D eigenvalue weighted by Gasteiger charge is -2.18. The average Bonchev–Trinajstić information content (AvgIpc) is 2.78. The third-order valence-corrected chi connectivity index (χ3v) is 4.72. The minimum Gasteiger partial charge on any atom is -0.456 e. The number of allylic oxidation sites excluding steroid dienone is 4. The fourth-order valence-electron chi connectivity index (χ4n) is 3.18. The lowest BCUT2D eigenvalue weighted by Crippen LogP contribution is -2.38. The molecule has 1 fully saturated rings. The summed E-state index contributed by atoms with van der Waals surface area (Å²) in [5.41, 5.74) is 2.57. The molecular formula is C23H21BF6N2O. The zero-order valence-corrected chi connectivity index (χ0v) is 17.5. The van der Waals surface area contributed by atoms with Gasteiger partial charge in [-0.15, -0.1) is 0 Å². The van der Waals surface area contributed by atoms with Crippen LogP contribution < -0.4 is 5.32 Å². The predicted molar refractivity (Wildman–Crippen MR) is 117 cm³/mol. The standard InChI is InChI=1S/C23H21F2N2O.BF4/c24-20-5-1-17(2-6-20)19-15-22(9-12-27-13-10-26-11-14-27)28-23(16-19)18-3-7-21(25)8-4-18;2-1(3,4)5/h1-9,12,15-16,26H,10-11,13-14H2;/q+1;-1/b22-9+;. The molecule has 2 aromatic carbocycles. The number of halogens is 6. The van der Waals surface area contributed by atoms with Gasteiger partial charge < -0.3 is 27.3 Å². The van der Waals surface area contributed by atoms with Crippen molar-refractivity contribution in [2.75, 3.05) is 26.2 Å². The molecule has 0 unspecified atom stereocenters. The maximum Gasteiger partial charge on any atom is 0.673 e. The second kappa shape index (κ2) is 11.0. The molecule has 0 aromatic heterocycles. The van der Waals surface area contributed by atoms with Gasteiger partial charge in [-0.25, -0.2) is 13.4 Å². The van der Waals surface area contributed by atoms with Gasteiger partial charge in [-0.2, -0.15) is 0 Å². The van der Waals surface area contributed by atoms with Crippen LogP contribution in [-0.2, 0) is 4.74 Å². The fourth-order valence-corrected chi connectivity index (χ4v) is 3.18. The maximum atomic E-state index is 13.3. The van der Waals surface area contributed by atoms with Crippen LogP contribution in [0.3, 0.4) is 0 Å². The van der Waals surface area contributed by atoms with Crippen molar-refractivity contribution in [1.29, 1.82) is 0 Å². The summed E-state index contributed by atoms with van der Waals surface area (Å²) in [5.74, 6) is 0.737. The molecule has 0 saturated carbocycles. The quantitative estimate of drug-likeness (QED) is 0.378. The van der Waals surface area contributed by atoms with Gasteiger partial charge in [0.15, 0.2) is 19.3 Å². The molecule has 0 aliphatic carbocycles. The van der Waals surface area contributed by atoms with Gasteiger partial charge in [0.2, 0.25) is 0 Å². The summed E-state index contributed by atoms with van der Waals surface area (Å²) < 4.78 is 73.9. The van der Waals surface area contributed by atoms with Crippen LogP contribution in [0.1, 0.15) is 11.1 Å². The van der Waals surface area contributed by atoms with E-state index >= 15 is 0 Å². The summed E-state index contributed by atoms with van der Waals surface area (Å²) in [6, 6.07) is 12.5. The Bertz CT molecular complexity index is 1060. The lowest BCUT2D eigenvalue weighted by atomic mass is 10.0. The van der Waals surface area contributed by atoms with E-state index in [2.05, 4.69) is 9.89 Å². The summed E-state index contributed by atoms with van der Waals surface area (Å²) in [5, 5.41) is 3.32. The first-order chi connectivity index (χ1) is 15.7. The van der Waals surface area contributed by atoms with E-state index in [0.717, 1.165) is 42.9 Å². The topological polar surface area (TPSA) is 24.3 Å². The van der Waals surface area contributed by atoms with E-state index in [-0.39, 0.29) is 11.6 Å². The SMILES string of the molecule is F[B-](F)(F)F.Fc1ccc(C2=C/C(=C\C=[N+]3CCNCC3)OC(c3ccc(F)cc3)=C2)cc1. The monoisotopic (exact) mass is 466 g/mol. The van der Waals surface area contributed by atoms with Crippen molar-refractivity contribution in [3.8, 4) is 0 Å². The maximum absolute atomic E-state index is 13.3. The Morgan fingerprint density at radius 3 is 1.85 bits per heavy atom. The summed E-state index contributed by atoms with van der Waals surface area (Å²) in [6.07, 6.45) is 7.79. The Kier molecular flexibility index (Phi) is 8.16. The van der Waals surface area contributed by atoms with E-state index in [1.54, 1.807) is 24.3 Å². The number of hydrogen-bond donors (Lipinski definition) is 1. The van der Waals surface area contributed by atoms with Gasteiger partial charge in [-0.1, -0.05) is 12.1 Å². The summed E-state index contributed by atoms with van der Waals surface area (Å²) in [7, 11) is -6.00. The van der Waals surface area contributed by atoms with Crippen LogP contribution in [0.2, 0.25) is 0 Å². The number of piperazine rings is 1. The minimum absolute atomic E-state index is 0.276. The summed E-state index contributed by atoms with van der Waals surface area (Å²) in [6.45, 7) is 3.80. The van der Waals surface area contributed by atoms with E-state index in [4.69, 9.17) is 4.74 Å². The molecular weight excluding hydrogens is 445 g/mol. The van der Waals surface area contributed by atoms with Crippen LogP contribution in [0.15, 0.2) is 72.5 Å². The largest absolute Gasteiger partial charge is 0.673 e. The molecule has 0 spiro atoms. The summed E-state index contributed by atoms with van der Waals surface area (Å²) >= 11 is 0. The van der Waals surface area contributed by atoms with Gasteiger partial charge in [0.1, 0.15) is 23.2 Å². The number of benzene rings is 2. The third-order valence-electron chi connectivity index (χ3n) is 4.72. The predicted octanol–water partition coefficient (Wildman–Crippen LogP) is 5.29. The van der Waals surface area contributed by atoms with Crippen molar-refractivity contribution in [1.82, 2.24) is 5.32 Å². The van der Waals surface area contributed by atoms with Gasteiger partial charge in [0.25, 0.3) is 0 Å². The van der Waals surface area contributed by atoms with Crippen molar-refractivity contribution in [3.05, 3.63) is 95.3 Å². The first kappa shape index (κ1) is 24.4. The van der Waals surface area contributed by atoms with Crippen molar-refractivity contribution in [2.24, 2.45) is 0 Å². The van der Waals surface area contributed by atoms with Gasteiger partial charge in [-0.05, 0) is 59.7 Å². The lowest BCUT2D eigenvalue weighted by molar-refractivity contribution is -0.527. The third kappa shape index (κ3) is 8.30. The van der Waals surface area contributed by atoms with Gasteiger partial charge in [0, 0.05) is 11.6 Å². The Balaban J connectivity index is 0.000000555. The highest BCUT2D eigenvalue weighted by molar-refractivity contribution is 6.50. The minimum atomic E-state index is -6.00. The number of ether oxygens (including phenoxy) is 1. The number of nitrogens with one attached hydrogen (secondary N) is 1. The van der Waals surface area contributed by atoms with Crippen LogP contribution in [0.4, 0.5) is 26.0 Å². The van der Waals surface area contributed by atoms with Crippen molar-refractivity contribution < 1.29 is 35.4 Å². The highest BCUT2D eigenvalue weighted by atomic mass is 19.5. The molecule has 0 atom stereocenters. The first-order valence-electron chi connectivity index (χ1n) is 10.2. The van der Waals surface area contributed by atoms with E-state index in [9.17, 15) is 26.0 Å². The van der Waals surface area contributed by atoms with Gasteiger partial charge in [0.05, 0.1) is 13.1 Å². The van der Waals surface area contributed by atoms with Gasteiger partial charge in [-0.3, -0.25) is 0 Å². The molecule has 2 aliphatic rings. The molecule has 0 radical (unpaired) electrons. The molecule has 2 aliphatic heterocycles. The fraction of sp³-hybridized carbons (Fsp3) is 0.174. The second-order valence-electron chi connectivity index (χ2n) is 7.22. The molecule has 33 heavy (non-hydrogen) atoms. The second-order valence-corrected chi connectivity index (χ2v) is 7.22. The summed E-state index contributed by atoms with van der Waals surface area (Å²) in [4.78, 5) is 0. The van der Waals surface area contributed by atoms with E-state index in [1.165, 1.54) is 24.3 Å². The molecule has 1 N–H and O–H groups in total. The van der Waals surface area contributed by atoms with Crippen LogP contribution in [-0.4, -0.2) is 44.2 Å². The van der Waals surface area contributed by atoms with Crippen molar-refractivity contribution in [2.45, 2.75) is 0 Å². The van der Waals surface area contributed by atoms with Crippen LogP contribution in [0.25, 0.3) is 11.3 Å². The molecule has 4 rings (SSSR count). The van der Waals surface area contributed by atoms with Crippen LogP contribution >= 0.6 is 0 Å². The highest BCUT2D eigenvalue weighted by Crippen LogP contribution is 2.31. The normalized spacial score (nSPS) is 17.4. The Morgan fingerprint density at radius 1 is 0.788 bits per heavy atom. The zero-order chi connectivity index (χ0) is 23.8.